The molecule has 1 N–H and O–H groups in total. The average molecular weight is 218 g/mol. The molecule has 0 spiro atoms. The second kappa shape index (κ2) is 7.97. The van der Waals surface area contributed by atoms with E-state index in [0.717, 1.165) is 25.4 Å². The first-order valence-corrected chi connectivity index (χ1v) is 6.56. The topological polar surface area (TPSA) is 32.3 Å². The van der Waals surface area contributed by atoms with E-state index in [1.165, 1.54) is 0 Å². The fourth-order valence-corrected chi connectivity index (χ4v) is 1.91. The van der Waals surface area contributed by atoms with Gasteiger partial charge in [-0.1, -0.05) is 6.92 Å². The number of carbonyl (C=O) groups excluding carboxylic acids is 1. The predicted molar refractivity (Wildman–Crippen MR) is 63.9 cm³/mol. The quantitative estimate of drug-likeness (QED) is 0.740. The highest BCUT2D eigenvalue weighted by Gasteiger charge is 2.09. The van der Waals surface area contributed by atoms with Crippen molar-refractivity contribution in [3.05, 3.63) is 0 Å². The number of thioether (sulfide) groups is 1. The van der Waals surface area contributed by atoms with Crippen LogP contribution in [-0.4, -0.2) is 42.6 Å². The number of rotatable bonds is 6. The first-order chi connectivity index (χ1) is 6.65. The van der Waals surface area contributed by atoms with E-state index in [1.807, 2.05) is 25.6 Å². The van der Waals surface area contributed by atoms with Crippen molar-refractivity contribution in [1.82, 2.24) is 10.2 Å². The summed E-state index contributed by atoms with van der Waals surface area (Å²) in [6.45, 7) is 8.47. The smallest absolute Gasteiger partial charge is 0.317 e. The monoisotopic (exact) mass is 218 g/mol. The number of hydrogen-bond acceptors (Lipinski definition) is 2. The van der Waals surface area contributed by atoms with Gasteiger partial charge in [0.05, 0.1) is 0 Å². The zero-order valence-electron chi connectivity index (χ0n) is 9.67. The van der Waals surface area contributed by atoms with Gasteiger partial charge in [0, 0.05) is 19.6 Å². The van der Waals surface area contributed by atoms with Gasteiger partial charge < -0.3 is 10.2 Å². The molecule has 0 radical (unpaired) electrons. The predicted octanol–water partition coefficient (Wildman–Crippen LogP) is 2.04. The standard InChI is InChI=1S/C10H22N2OS/c1-5-12(6-2)10(13)11-7-9(3)8-14-4/h9H,5-8H2,1-4H3,(H,11,13). The van der Waals surface area contributed by atoms with E-state index in [4.69, 9.17) is 0 Å². The lowest BCUT2D eigenvalue weighted by atomic mass is 10.2. The van der Waals surface area contributed by atoms with E-state index >= 15 is 0 Å². The molecule has 1 atom stereocenters. The van der Waals surface area contributed by atoms with Crippen LogP contribution in [0.5, 0.6) is 0 Å². The Bertz CT molecular complexity index is 160. The molecule has 0 aliphatic carbocycles. The van der Waals surface area contributed by atoms with Gasteiger partial charge in [-0.05, 0) is 31.8 Å². The minimum absolute atomic E-state index is 0.0583. The molecule has 3 nitrogen and oxygen atoms in total. The van der Waals surface area contributed by atoms with Crippen LogP contribution in [0, 0.1) is 5.92 Å². The molecule has 14 heavy (non-hydrogen) atoms. The molecule has 84 valence electrons. The minimum Gasteiger partial charge on any atom is -0.338 e. The Kier molecular flexibility index (Phi) is 7.76. The SMILES string of the molecule is CCN(CC)C(=O)NCC(C)CSC. The van der Waals surface area contributed by atoms with Crippen molar-refractivity contribution < 1.29 is 4.79 Å². The van der Waals surface area contributed by atoms with Gasteiger partial charge in [0.25, 0.3) is 0 Å². The van der Waals surface area contributed by atoms with E-state index in [0.29, 0.717) is 5.92 Å². The van der Waals surface area contributed by atoms with Gasteiger partial charge in [-0.3, -0.25) is 0 Å². The van der Waals surface area contributed by atoms with Crippen LogP contribution in [-0.2, 0) is 0 Å². The van der Waals surface area contributed by atoms with Gasteiger partial charge in [0.2, 0.25) is 0 Å². The molecule has 0 saturated heterocycles. The number of nitrogens with one attached hydrogen (secondary N) is 1. The molecular formula is C10H22N2OS. The number of amides is 2. The van der Waals surface area contributed by atoms with Crippen LogP contribution in [0.15, 0.2) is 0 Å². The molecule has 0 aromatic heterocycles. The summed E-state index contributed by atoms with van der Waals surface area (Å²) >= 11 is 1.82. The number of urea groups is 1. The van der Waals surface area contributed by atoms with Crippen molar-refractivity contribution in [2.45, 2.75) is 20.8 Å². The first-order valence-electron chi connectivity index (χ1n) is 5.17. The summed E-state index contributed by atoms with van der Waals surface area (Å²) in [4.78, 5) is 13.3. The largest absolute Gasteiger partial charge is 0.338 e. The Labute approximate surface area is 91.6 Å². The molecule has 0 aliphatic rings. The molecule has 0 rings (SSSR count). The van der Waals surface area contributed by atoms with Crippen molar-refractivity contribution in [2.24, 2.45) is 5.92 Å². The minimum atomic E-state index is 0.0583. The zero-order valence-corrected chi connectivity index (χ0v) is 10.5. The highest BCUT2D eigenvalue weighted by Crippen LogP contribution is 2.02. The highest BCUT2D eigenvalue weighted by atomic mass is 32.2. The summed E-state index contributed by atoms with van der Waals surface area (Å²) in [6, 6.07) is 0.0583. The Morgan fingerprint density at radius 2 is 2.00 bits per heavy atom. The van der Waals surface area contributed by atoms with E-state index < -0.39 is 0 Å². The lowest BCUT2D eigenvalue weighted by molar-refractivity contribution is 0.202. The Morgan fingerprint density at radius 3 is 2.43 bits per heavy atom. The van der Waals surface area contributed by atoms with Crippen molar-refractivity contribution in [2.75, 3.05) is 31.6 Å². The number of carbonyl (C=O) groups is 1. The molecule has 0 fully saturated rings. The van der Waals surface area contributed by atoms with Crippen molar-refractivity contribution in [3.8, 4) is 0 Å². The van der Waals surface area contributed by atoms with Gasteiger partial charge in [-0.15, -0.1) is 0 Å². The fraction of sp³-hybridized carbons (Fsp3) is 0.900. The van der Waals surface area contributed by atoms with Gasteiger partial charge in [0.1, 0.15) is 0 Å². The molecule has 0 bridgehead atoms. The second-order valence-electron chi connectivity index (χ2n) is 3.42. The molecule has 4 heteroatoms. The zero-order chi connectivity index (χ0) is 11.0. The summed E-state index contributed by atoms with van der Waals surface area (Å²) in [5.74, 6) is 1.64. The summed E-state index contributed by atoms with van der Waals surface area (Å²) in [7, 11) is 0. The molecule has 0 saturated carbocycles. The average Bonchev–Trinajstić information content (AvgIpc) is 2.17. The van der Waals surface area contributed by atoms with E-state index in [1.54, 1.807) is 4.90 Å². The van der Waals surface area contributed by atoms with Crippen LogP contribution < -0.4 is 5.32 Å². The van der Waals surface area contributed by atoms with Crippen molar-refractivity contribution >= 4 is 17.8 Å². The maximum absolute atomic E-state index is 11.5. The van der Waals surface area contributed by atoms with Crippen molar-refractivity contribution in [3.63, 3.8) is 0 Å². The lowest BCUT2D eigenvalue weighted by Gasteiger charge is -2.20. The molecular weight excluding hydrogens is 196 g/mol. The van der Waals surface area contributed by atoms with E-state index in [2.05, 4.69) is 18.5 Å². The molecule has 0 aromatic carbocycles. The van der Waals surface area contributed by atoms with Crippen LogP contribution in [0.1, 0.15) is 20.8 Å². The number of nitrogens with zero attached hydrogens (tertiary/aromatic N) is 1. The van der Waals surface area contributed by atoms with Crippen molar-refractivity contribution in [1.29, 1.82) is 0 Å². The maximum Gasteiger partial charge on any atom is 0.317 e. The summed E-state index contributed by atoms with van der Waals surface area (Å²) < 4.78 is 0. The third-order valence-electron chi connectivity index (χ3n) is 2.10. The Balaban J connectivity index is 3.71. The molecule has 0 aromatic rings. The van der Waals surface area contributed by atoms with E-state index in [-0.39, 0.29) is 6.03 Å². The summed E-state index contributed by atoms with van der Waals surface area (Å²) in [5.41, 5.74) is 0. The van der Waals surface area contributed by atoms with Crippen LogP contribution in [0.4, 0.5) is 4.79 Å². The highest BCUT2D eigenvalue weighted by molar-refractivity contribution is 7.98. The normalized spacial score (nSPS) is 12.3. The third kappa shape index (κ3) is 5.37. The van der Waals surface area contributed by atoms with Crippen LogP contribution in [0.25, 0.3) is 0 Å². The van der Waals surface area contributed by atoms with Gasteiger partial charge >= 0.3 is 6.03 Å². The maximum atomic E-state index is 11.5. The Hall–Kier alpha value is -0.380. The molecule has 2 amide bonds. The second-order valence-corrected chi connectivity index (χ2v) is 4.33. The van der Waals surface area contributed by atoms with Crippen LogP contribution in [0.3, 0.4) is 0 Å². The molecule has 1 unspecified atom stereocenters. The van der Waals surface area contributed by atoms with E-state index in [9.17, 15) is 4.79 Å². The van der Waals surface area contributed by atoms with Gasteiger partial charge in [-0.25, -0.2) is 4.79 Å². The van der Waals surface area contributed by atoms with Crippen LogP contribution in [0.2, 0.25) is 0 Å². The summed E-state index contributed by atoms with van der Waals surface area (Å²) in [5, 5.41) is 2.94. The first kappa shape index (κ1) is 13.6. The van der Waals surface area contributed by atoms with Crippen LogP contribution >= 0.6 is 11.8 Å². The molecule has 0 aliphatic heterocycles. The Morgan fingerprint density at radius 1 is 1.43 bits per heavy atom. The number of hydrogen-bond donors (Lipinski definition) is 1. The van der Waals surface area contributed by atoms with Gasteiger partial charge in [0.15, 0.2) is 0 Å². The van der Waals surface area contributed by atoms with Gasteiger partial charge in [-0.2, -0.15) is 11.8 Å². The lowest BCUT2D eigenvalue weighted by Crippen LogP contribution is -2.41. The third-order valence-corrected chi connectivity index (χ3v) is 3.01. The summed E-state index contributed by atoms with van der Waals surface area (Å²) in [6.07, 6.45) is 2.09. The molecule has 0 heterocycles. The fourth-order valence-electron chi connectivity index (χ4n) is 1.23.